The fraction of sp³-hybridized carbons (Fsp3) is 0.333. The predicted molar refractivity (Wildman–Crippen MR) is 98.6 cm³/mol. The average Bonchev–Trinajstić information content (AvgIpc) is 2.72. The Labute approximate surface area is 153 Å². The highest BCUT2D eigenvalue weighted by atomic mass is 16.5. The van der Waals surface area contributed by atoms with Gasteiger partial charge in [-0.1, -0.05) is 36.4 Å². The van der Waals surface area contributed by atoms with Crippen LogP contribution in [0, 0.1) is 5.92 Å². The van der Waals surface area contributed by atoms with Crippen molar-refractivity contribution >= 4 is 11.7 Å². The van der Waals surface area contributed by atoms with Gasteiger partial charge in [-0.3, -0.25) is 9.59 Å². The zero-order valence-electron chi connectivity index (χ0n) is 14.9. The van der Waals surface area contributed by atoms with Gasteiger partial charge in [0.15, 0.2) is 12.4 Å². The number of Topliss-reactive ketones (excluding diaryl/α,β-unsaturated/α-hetero) is 1. The number of ketones is 1. The van der Waals surface area contributed by atoms with Gasteiger partial charge in [0.1, 0.15) is 11.5 Å². The molecule has 0 aliphatic carbocycles. The molecule has 0 aromatic heterocycles. The van der Waals surface area contributed by atoms with Crippen LogP contribution in [-0.2, 0) is 4.79 Å². The molecular weight excluding hydrogens is 330 g/mol. The predicted octanol–water partition coefficient (Wildman–Crippen LogP) is 3.20. The smallest absolute Gasteiger partial charge is 0.260 e. The maximum absolute atomic E-state index is 12.6. The molecule has 1 aliphatic rings. The molecule has 1 fully saturated rings. The number of rotatable bonds is 6. The quantitative estimate of drug-likeness (QED) is 0.749. The Bertz CT molecular complexity index is 760. The number of nitrogens with zero attached hydrogens (tertiary/aromatic N) is 1. The van der Waals surface area contributed by atoms with Crippen LogP contribution in [0.2, 0.25) is 0 Å². The molecule has 2 aromatic carbocycles. The van der Waals surface area contributed by atoms with Gasteiger partial charge < -0.3 is 14.4 Å². The molecular formula is C21H23NO4. The summed E-state index contributed by atoms with van der Waals surface area (Å²) < 4.78 is 10.7. The standard InChI is InChI=1S/C21H23NO4/c1-25-18-10-5-11-19(13-18)26-15-20(23)22-12-6-9-17(14-22)21(24)16-7-3-2-4-8-16/h2-5,7-8,10-11,13,17H,6,9,12,14-15H2,1H3/t17-/m0/s1. The van der Waals surface area contributed by atoms with Gasteiger partial charge in [-0.05, 0) is 25.0 Å². The van der Waals surface area contributed by atoms with Crippen molar-refractivity contribution in [1.82, 2.24) is 4.90 Å². The van der Waals surface area contributed by atoms with Crippen molar-refractivity contribution in [3.63, 3.8) is 0 Å². The first-order valence-corrected chi connectivity index (χ1v) is 8.81. The molecule has 3 rings (SSSR count). The van der Waals surface area contributed by atoms with Crippen molar-refractivity contribution in [3.8, 4) is 11.5 Å². The van der Waals surface area contributed by atoms with E-state index in [0.717, 1.165) is 12.8 Å². The molecule has 26 heavy (non-hydrogen) atoms. The second-order valence-electron chi connectivity index (χ2n) is 6.38. The molecule has 0 bridgehead atoms. The molecule has 0 N–H and O–H groups in total. The van der Waals surface area contributed by atoms with Crippen LogP contribution >= 0.6 is 0 Å². The Kier molecular flexibility index (Phi) is 5.89. The van der Waals surface area contributed by atoms with E-state index in [1.807, 2.05) is 42.5 Å². The Morgan fingerprint density at radius 1 is 1.08 bits per heavy atom. The Balaban J connectivity index is 1.56. The molecule has 5 heteroatoms. The number of methoxy groups -OCH3 is 1. The summed E-state index contributed by atoms with van der Waals surface area (Å²) in [4.78, 5) is 26.9. The van der Waals surface area contributed by atoms with E-state index in [4.69, 9.17) is 9.47 Å². The van der Waals surface area contributed by atoms with E-state index >= 15 is 0 Å². The summed E-state index contributed by atoms with van der Waals surface area (Å²) in [6.45, 7) is 1.08. The number of amides is 1. The summed E-state index contributed by atoms with van der Waals surface area (Å²) in [5.41, 5.74) is 0.708. The molecule has 0 radical (unpaired) electrons. The van der Waals surface area contributed by atoms with Gasteiger partial charge in [0.25, 0.3) is 5.91 Å². The van der Waals surface area contributed by atoms with E-state index in [-0.39, 0.29) is 24.2 Å². The Hall–Kier alpha value is -2.82. The maximum Gasteiger partial charge on any atom is 0.260 e. The van der Waals surface area contributed by atoms with E-state index in [1.54, 1.807) is 24.1 Å². The van der Waals surface area contributed by atoms with Crippen LogP contribution in [0.4, 0.5) is 0 Å². The van der Waals surface area contributed by atoms with Gasteiger partial charge in [-0.2, -0.15) is 0 Å². The van der Waals surface area contributed by atoms with Crippen LogP contribution in [-0.4, -0.2) is 43.4 Å². The highest BCUT2D eigenvalue weighted by Crippen LogP contribution is 2.22. The molecule has 2 aromatic rings. The van der Waals surface area contributed by atoms with Gasteiger partial charge in [-0.15, -0.1) is 0 Å². The average molecular weight is 353 g/mol. The van der Waals surface area contributed by atoms with Crippen molar-refractivity contribution in [2.75, 3.05) is 26.8 Å². The third kappa shape index (κ3) is 4.42. The van der Waals surface area contributed by atoms with Crippen LogP contribution in [0.25, 0.3) is 0 Å². The summed E-state index contributed by atoms with van der Waals surface area (Å²) in [6, 6.07) is 16.4. The summed E-state index contributed by atoms with van der Waals surface area (Å²) in [6.07, 6.45) is 1.64. The summed E-state index contributed by atoms with van der Waals surface area (Å²) >= 11 is 0. The summed E-state index contributed by atoms with van der Waals surface area (Å²) in [5, 5.41) is 0. The normalized spacial score (nSPS) is 16.8. The van der Waals surface area contributed by atoms with E-state index < -0.39 is 0 Å². The third-order valence-electron chi connectivity index (χ3n) is 4.61. The van der Waals surface area contributed by atoms with Crippen LogP contribution < -0.4 is 9.47 Å². The second kappa shape index (κ2) is 8.52. The lowest BCUT2D eigenvalue weighted by molar-refractivity contribution is -0.134. The highest BCUT2D eigenvalue weighted by molar-refractivity contribution is 5.98. The number of benzene rings is 2. The first-order chi connectivity index (χ1) is 12.7. The third-order valence-corrected chi connectivity index (χ3v) is 4.61. The minimum Gasteiger partial charge on any atom is -0.497 e. The van der Waals surface area contributed by atoms with Crippen LogP contribution in [0.15, 0.2) is 54.6 Å². The van der Waals surface area contributed by atoms with E-state index in [9.17, 15) is 9.59 Å². The van der Waals surface area contributed by atoms with Gasteiger partial charge in [-0.25, -0.2) is 0 Å². The Morgan fingerprint density at radius 2 is 1.85 bits per heavy atom. The molecule has 1 heterocycles. The number of carbonyl (C=O) groups is 2. The van der Waals surface area contributed by atoms with Gasteiger partial charge in [0.05, 0.1) is 7.11 Å². The van der Waals surface area contributed by atoms with E-state index in [0.29, 0.717) is 30.2 Å². The number of hydrogen-bond acceptors (Lipinski definition) is 4. The van der Waals surface area contributed by atoms with Crippen LogP contribution in [0.1, 0.15) is 23.2 Å². The maximum atomic E-state index is 12.6. The zero-order valence-corrected chi connectivity index (χ0v) is 14.9. The summed E-state index contributed by atoms with van der Waals surface area (Å²) in [7, 11) is 1.59. The number of likely N-dealkylation sites (tertiary alicyclic amines) is 1. The monoisotopic (exact) mass is 353 g/mol. The lowest BCUT2D eigenvalue weighted by Gasteiger charge is -2.32. The van der Waals surface area contributed by atoms with E-state index in [1.165, 1.54) is 0 Å². The Morgan fingerprint density at radius 3 is 2.62 bits per heavy atom. The van der Waals surface area contributed by atoms with Gasteiger partial charge >= 0.3 is 0 Å². The molecule has 136 valence electrons. The molecule has 1 amide bonds. The fourth-order valence-electron chi connectivity index (χ4n) is 3.18. The number of hydrogen-bond donors (Lipinski definition) is 0. The van der Waals surface area contributed by atoms with E-state index in [2.05, 4.69) is 0 Å². The molecule has 1 aliphatic heterocycles. The molecule has 0 unspecified atom stereocenters. The van der Waals surface area contributed by atoms with Gasteiger partial charge in [0.2, 0.25) is 0 Å². The number of carbonyl (C=O) groups excluding carboxylic acids is 2. The highest BCUT2D eigenvalue weighted by Gasteiger charge is 2.29. The van der Waals surface area contributed by atoms with Crippen molar-refractivity contribution in [2.45, 2.75) is 12.8 Å². The van der Waals surface area contributed by atoms with Gasteiger partial charge in [0, 0.05) is 30.6 Å². The largest absolute Gasteiger partial charge is 0.497 e. The molecule has 5 nitrogen and oxygen atoms in total. The minimum absolute atomic E-state index is 0.0422. The number of ether oxygens (including phenoxy) is 2. The SMILES string of the molecule is COc1cccc(OCC(=O)N2CCC[C@H](C(=O)c3ccccc3)C2)c1. The van der Waals surface area contributed by atoms with Crippen molar-refractivity contribution in [2.24, 2.45) is 5.92 Å². The topological polar surface area (TPSA) is 55.8 Å². The summed E-state index contributed by atoms with van der Waals surface area (Å²) in [5.74, 6) is 1.13. The fourth-order valence-corrected chi connectivity index (χ4v) is 3.18. The van der Waals surface area contributed by atoms with Crippen LogP contribution in [0.5, 0.6) is 11.5 Å². The van der Waals surface area contributed by atoms with Crippen LogP contribution in [0.3, 0.4) is 0 Å². The van der Waals surface area contributed by atoms with Crippen molar-refractivity contribution < 1.29 is 19.1 Å². The number of piperidine rings is 1. The first-order valence-electron chi connectivity index (χ1n) is 8.81. The lowest BCUT2D eigenvalue weighted by Crippen LogP contribution is -2.44. The molecule has 0 spiro atoms. The lowest BCUT2D eigenvalue weighted by atomic mass is 9.90. The van der Waals surface area contributed by atoms with Crippen molar-refractivity contribution in [1.29, 1.82) is 0 Å². The van der Waals surface area contributed by atoms with Crippen molar-refractivity contribution in [3.05, 3.63) is 60.2 Å². The molecule has 0 saturated carbocycles. The molecule has 1 atom stereocenters. The first kappa shape index (κ1) is 18.0. The molecule has 1 saturated heterocycles. The second-order valence-corrected chi connectivity index (χ2v) is 6.38. The minimum atomic E-state index is -0.146. The zero-order chi connectivity index (χ0) is 18.4.